The van der Waals surface area contributed by atoms with Crippen molar-refractivity contribution in [1.29, 1.82) is 0 Å². The summed E-state index contributed by atoms with van der Waals surface area (Å²) in [4.78, 5) is 4.84. The van der Waals surface area contributed by atoms with E-state index >= 15 is 0 Å². The summed E-state index contributed by atoms with van der Waals surface area (Å²) in [5.41, 5.74) is 1.51. The SMILES string of the molecule is CS(=O)(=O)c1ccccc1-c1nc(S(=O)(=O)Cc2cccc(Cl)c2)sc1-c1ccc(F)cc1. The van der Waals surface area contributed by atoms with Gasteiger partial charge in [-0.1, -0.05) is 54.1 Å². The molecular weight excluding hydrogens is 505 g/mol. The Morgan fingerprint density at radius 1 is 0.939 bits per heavy atom. The summed E-state index contributed by atoms with van der Waals surface area (Å²) in [6, 6.07) is 18.3. The third-order valence-electron chi connectivity index (χ3n) is 4.77. The second-order valence-corrected chi connectivity index (χ2v) is 12.9. The van der Waals surface area contributed by atoms with E-state index in [-0.39, 0.29) is 26.2 Å². The lowest BCUT2D eigenvalue weighted by atomic mass is 10.1. The van der Waals surface area contributed by atoms with Crippen molar-refractivity contribution in [2.24, 2.45) is 0 Å². The molecule has 0 unspecified atom stereocenters. The fraction of sp³-hybridized carbons (Fsp3) is 0.0870. The highest BCUT2D eigenvalue weighted by molar-refractivity contribution is 7.92. The Morgan fingerprint density at radius 2 is 1.64 bits per heavy atom. The minimum atomic E-state index is -3.88. The molecule has 0 N–H and O–H groups in total. The Kier molecular flexibility index (Phi) is 6.41. The second-order valence-electron chi connectivity index (χ2n) is 7.32. The van der Waals surface area contributed by atoms with E-state index < -0.39 is 25.5 Å². The van der Waals surface area contributed by atoms with Crippen molar-refractivity contribution in [3.63, 3.8) is 0 Å². The molecule has 0 aliphatic heterocycles. The number of nitrogens with zero attached hydrogens (tertiary/aromatic N) is 1. The van der Waals surface area contributed by atoms with Gasteiger partial charge in [0.2, 0.25) is 14.2 Å². The topological polar surface area (TPSA) is 81.2 Å². The Morgan fingerprint density at radius 3 is 2.30 bits per heavy atom. The van der Waals surface area contributed by atoms with Crippen molar-refractivity contribution in [2.45, 2.75) is 15.0 Å². The van der Waals surface area contributed by atoms with Crippen molar-refractivity contribution >= 4 is 42.6 Å². The highest BCUT2D eigenvalue weighted by Crippen LogP contribution is 2.41. The maximum Gasteiger partial charge on any atom is 0.210 e. The molecule has 0 saturated heterocycles. The second kappa shape index (κ2) is 8.98. The van der Waals surface area contributed by atoms with Gasteiger partial charge in [-0.2, -0.15) is 0 Å². The predicted molar refractivity (Wildman–Crippen MR) is 128 cm³/mol. The third kappa shape index (κ3) is 5.16. The standard InChI is InChI=1S/C23H17ClFNO4S3/c1-32(27,28)20-8-3-2-7-19(20)21-22(16-9-11-18(25)12-10-16)31-23(26-21)33(29,30)14-15-5-4-6-17(24)13-15/h2-13H,14H2,1H3. The molecule has 0 radical (unpaired) electrons. The number of thiazole rings is 1. The number of aromatic nitrogens is 1. The number of rotatable bonds is 6. The van der Waals surface area contributed by atoms with Gasteiger partial charge in [0.15, 0.2) is 9.84 Å². The fourth-order valence-electron chi connectivity index (χ4n) is 3.31. The molecule has 0 bridgehead atoms. The first kappa shape index (κ1) is 23.6. The smallest absolute Gasteiger partial charge is 0.210 e. The normalized spacial score (nSPS) is 12.1. The van der Waals surface area contributed by atoms with Crippen LogP contribution in [0, 0.1) is 5.82 Å². The van der Waals surface area contributed by atoms with Gasteiger partial charge in [-0.05, 0) is 41.5 Å². The summed E-state index contributed by atoms with van der Waals surface area (Å²) in [5, 5.41) is 0.414. The van der Waals surface area contributed by atoms with Gasteiger partial charge in [-0.3, -0.25) is 0 Å². The molecule has 33 heavy (non-hydrogen) atoms. The number of sulfone groups is 2. The molecule has 170 valence electrons. The Hall–Kier alpha value is -2.59. The van der Waals surface area contributed by atoms with Gasteiger partial charge in [0.1, 0.15) is 5.82 Å². The maximum atomic E-state index is 13.5. The molecule has 0 atom stereocenters. The highest BCUT2D eigenvalue weighted by atomic mass is 35.5. The van der Waals surface area contributed by atoms with E-state index in [1.807, 2.05) is 0 Å². The summed E-state index contributed by atoms with van der Waals surface area (Å²) in [7, 11) is -7.51. The fourth-order valence-corrected chi connectivity index (χ4v) is 7.13. The molecule has 0 aliphatic carbocycles. The van der Waals surface area contributed by atoms with Crippen LogP contribution in [0.3, 0.4) is 0 Å². The number of hydrogen-bond acceptors (Lipinski definition) is 6. The first-order chi connectivity index (χ1) is 15.5. The molecule has 1 heterocycles. The van der Waals surface area contributed by atoms with Gasteiger partial charge in [0.05, 0.1) is 21.2 Å². The Labute approximate surface area is 200 Å². The van der Waals surface area contributed by atoms with Crippen LogP contribution < -0.4 is 0 Å². The van der Waals surface area contributed by atoms with E-state index in [1.54, 1.807) is 42.5 Å². The molecule has 3 aromatic carbocycles. The van der Waals surface area contributed by atoms with Crippen LogP contribution in [0.5, 0.6) is 0 Å². The summed E-state index contributed by atoms with van der Waals surface area (Å²) in [6.45, 7) is 0. The zero-order valence-electron chi connectivity index (χ0n) is 17.2. The maximum absolute atomic E-state index is 13.5. The van der Waals surface area contributed by atoms with E-state index in [2.05, 4.69) is 4.98 Å². The number of hydrogen-bond donors (Lipinski definition) is 0. The lowest BCUT2D eigenvalue weighted by molar-refractivity contribution is 0.594. The first-order valence-corrected chi connectivity index (χ1v) is 14.3. The van der Waals surface area contributed by atoms with Crippen LogP contribution in [0.15, 0.2) is 82.0 Å². The quantitative estimate of drug-likeness (QED) is 0.327. The zero-order chi connectivity index (χ0) is 23.8. The predicted octanol–water partition coefficient (Wildman–Crippen LogP) is 5.65. The van der Waals surface area contributed by atoms with Gasteiger partial charge in [-0.15, -0.1) is 11.3 Å². The van der Waals surface area contributed by atoms with Gasteiger partial charge in [-0.25, -0.2) is 26.2 Å². The Balaban J connectivity index is 1.91. The molecule has 1 aromatic heterocycles. The van der Waals surface area contributed by atoms with Gasteiger partial charge in [0.25, 0.3) is 0 Å². The minimum Gasteiger partial charge on any atom is -0.224 e. The lowest BCUT2D eigenvalue weighted by Gasteiger charge is -2.08. The van der Waals surface area contributed by atoms with Gasteiger partial charge < -0.3 is 0 Å². The van der Waals surface area contributed by atoms with Crippen LogP contribution in [0.2, 0.25) is 5.02 Å². The average molecular weight is 522 g/mol. The van der Waals surface area contributed by atoms with E-state index in [1.165, 1.54) is 30.3 Å². The van der Waals surface area contributed by atoms with E-state index in [0.29, 0.717) is 21.0 Å². The van der Waals surface area contributed by atoms with E-state index in [4.69, 9.17) is 11.6 Å². The average Bonchev–Trinajstić information content (AvgIpc) is 3.20. The van der Waals surface area contributed by atoms with Crippen LogP contribution in [-0.4, -0.2) is 28.1 Å². The zero-order valence-corrected chi connectivity index (χ0v) is 20.4. The van der Waals surface area contributed by atoms with Crippen LogP contribution in [0.1, 0.15) is 5.56 Å². The molecule has 5 nitrogen and oxygen atoms in total. The molecule has 10 heteroatoms. The third-order valence-corrected chi connectivity index (χ3v) is 9.41. The Bertz CT molecular complexity index is 1550. The van der Waals surface area contributed by atoms with Gasteiger partial charge in [0, 0.05) is 16.8 Å². The van der Waals surface area contributed by atoms with E-state index in [9.17, 15) is 21.2 Å². The van der Waals surface area contributed by atoms with Crippen LogP contribution >= 0.6 is 22.9 Å². The summed E-state index contributed by atoms with van der Waals surface area (Å²) in [6.07, 6.45) is 1.08. The molecule has 0 spiro atoms. The first-order valence-electron chi connectivity index (χ1n) is 9.58. The van der Waals surface area contributed by atoms with E-state index in [0.717, 1.165) is 17.6 Å². The molecule has 0 amide bonds. The summed E-state index contributed by atoms with van der Waals surface area (Å²) < 4.78 is 64.5. The monoisotopic (exact) mass is 521 g/mol. The molecule has 4 rings (SSSR count). The molecule has 0 fully saturated rings. The number of benzene rings is 3. The molecule has 0 saturated carbocycles. The van der Waals surface area contributed by atoms with Crippen LogP contribution in [0.4, 0.5) is 4.39 Å². The summed E-state index contributed by atoms with van der Waals surface area (Å²) in [5.74, 6) is -0.771. The van der Waals surface area contributed by atoms with Crippen LogP contribution in [-0.2, 0) is 25.4 Å². The van der Waals surface area contributed by atoms with Crippen molar-refractivity contribution in [2.75, 3.05) is 6.26 Å². The highest BCUT2D eigenvalue weighted by Gasteiger charge is 2.27. The number of halogens is 2. The molecular formula is C23H17ClFNO4S3. The largest absolute Gasteiger partial charge is 0.224 e. The van der Waals surface area contributed by atoms with Crippen molar-refractivity contribution in [1.82, 2.24) is 4.98 Å². The van der Waals surface area contributed by atoms with Crippen molar-refractivity contribution in [3.8, 4) is 21.7 Å². The summed E-state index contributed by atoms with van der Waals surface area (Å²) >= 11 is 6.90. The van der Waals surface area contributed by atoms with Crippen LogP contribution in [0.25, 0.3) is 21.7 Å². The minimum absolute atomic E-state index is 0.0254. The van der Waals surface area contributed by atoms with Crippen molar-refractivity contribution < 1.29 is 21.2 Å². The molecule has 4 aromatic rings. The lowest BCUT2D eigenvalue weighted by Crippen LogP contribution is -2.05. The van der Waals surface area contributed by atoms with Crippen molar-refractivity contribution in [3.05, 3.63) is 89.2 Å². The van der Waals surface area contributed by atoms with Gasteiger partial charge >= 0.3 is 0 Å². The molecule has 0 aliphatic rings.